The minimum absolute atomic E-state index is 0.161. The predicted molar refractivity (Wildman–Crippen MR) is 64.1 cm³/mol. The van der Waals surface area contributed by atoms with Gasteiger partial charge in [-0.25, -0.2) is 0 Å². The number of carbonyl (C=O) groups excluding carboxylic acids is 1. The summed E-state index contributed by atoms with van der Waals surface area (Å²) in [6.07, 6.45) is 3.64. The Bertz CT molecular complexity index is 463. The molecule has 86 valence electrons. The second-order valence-corrected chi connectivity index (χ2v) is 5.16. The van der Waals surface area contributed by atoms with Crippen LogP contribution in [0.3, 0.4) is 0 Å². The van der Waals surface area contributed by atoms with Crippen LogP contribution in [0.25, 0.3) is 0 Å². The molecule has 0 amide bonds. The zero-order valence-electron chi connectivity index (χ0n) is 9.67. The molecule has 0 N–H and O–H groups in total. The molecule has 3 atom stereocenters. The number of fused-ring (bicyclic) bond motifs is 1. The molecule has 1 aromatic carbocycles. The molecule has 0 bridgehead atoms. The summed E-state index contributed by atoms with van der Waals surface area (Å²) >= 11 is 0. The van der Waals surface area contributed by atoms with Crippen LogP contribution in [0.15, 0.2) is 30.3 Å². The Morgan fingerprint density at radius 2 is 1.88 bits per heavy atom. The van der Waals surface area contributed by atoms with Gasteiger partial charge in [0.05, 0.1) is 6.07 Å². The lowest BCUT2D eigenvalue weighted by Gasteiger charge is -2.09. The summed E-state index contributed by atoms with van der Waals surface area (Å²) in [6, 6.07) is 11.6. The third-order valence-electron chi connectivity index (χ3n) is 4.28. The van der Waals surface area contributed by atoms with Gasteiger partial charge < -0.3 is 0 Å². The molecule has 0 saturated heterocycles. The summed E-state index contributed by atoms with van der Waals surface area (Å²) in [6.45, 7) is 0. The van der Waals surface area contributed by atoms with Crippen molar-refractivity contribution in [3.63, 3.8) is 0 Å². The number of Topliss-reactive ketones (excluding diaryl/α,β-unsaturated/α-hetero) is 1. The topological polar surface area (TPSA) is 40.9 Å². The molecule has 1 aromatic rings. The Hall–Kier alpha value is -1.62. The Labute approximate surface area is 101 Å². The van der Waals surface area contributed by atoms with Gasteiger partial charge in [-0.1, -0.05) is 36.8 Å². The van der Waals surface area contributed by atoms with E-state index in [0.717, 1.165) is 5.56 Å². The van der Waals surface area contributed by atoms with Crippen LogP contribution in [0.4, 0.5) is 0 Å². The summed E-state index contributed by atoms with van der Waals surface area (Å²) in [5, 5.41) is 9.22. The van der Waals surface area contributed by atoms with Crippen molar-refractivity contribution in [1.82, 2.24) is 0 Å². The molecule has 2 nitrogen and oxygen atoms in total. The van der Waals surface area contributed by atoms with Crippen LogP contribution in [-0.2, 0) is 4.79 Å². The van der Waals surface area contributed by atoms with Crippen molar-refractivity contribution in [1.29, 1.82) is 5.26 Å². The maximum Gasteiger partial charge on any atom is 0.158 e. The first-order chi connectivity index (χ1) is 8.33. The molecule has 0 radical (unpaired) electrons. The molecule has 2 aliphatic carbocycles. The van der Waals surface area contributed by atoms with E-state index in [2.05, 4.69) is 6.07 Å². The molecule has 0 spiro atoms. The highest BCUT2D eigenvalue weighted by molar-refractivity contribution is 5.93. The van der Waals surface area contributed by atoms with Gasteiger partial charge >= 0.3 is 0 Å². The van der Waals surface area contributed by atoms with Crippen LogP contribution >= 0.6 is 0 Å². The second-order valence-electron chi connectivity index (χ2n) is 5.16. The SMILES string of the molecule is N#CC(C(=O)C1C2CCCC21)c1ccccc1. The number of nitrogens with zero attached hydrogens (tertiary/aromatic N) is 1. The number of carbonyl (C=O) groups is 1. The van der Waals surface area contributed by atoms with Crippen molar-refractivity contribution in [3.05, 3.63) is 35.9 Å². The van der Waals surface area contributed by atoms with Gasteiger partial charge in [0.15, 0.2) is 5.78 Å². The van der Waals surface area contributed by atoms with Crippen molar-refractivity contribution < 1.29 is 4.79 Å². The van der Waals surface area contributed by atoms with E-state index in [1.165, 1.54) is 19.3 Å². The Kier molecular flexibility index (Phi) is 2.48. The molecular weight excluding hydrogens is 210 g/mol. The maximum atomic E-state index is 12.3. The van der Waals surface area contributed by atoms with Gasteiger partial charge in [0.1, 0.15) is 5.92 Å². The van der Waals surface area contributed by atoms with E-state index in [4.69, 9.17) is 0 Å². The second kappa shape index (κ2) is 4.00. The first kappa shape index (κ1) is 10.5. The molecule has 2 saturated carbocycles. The van der Waals surface area contributed by atoms with Gasteiger partial charge in [0.2, 0.25) is 0 Å². The predicted octanol–water partition coefficient (Wildman–Crippen LogP) is 2.91. The third-order valence-corrected chi connectivity index (χ3v) is 4.28. The van der Waals surface area contributed by atoms with Gasteiger partial charge in [-0.05, 0) is 30.2 Å². The molecule has 0 heterocycles. The number of benzene rings is 1. The smallest absolute Gasteiger partial charge is 0.158 e. The lowest BCUT2D eigenvalue weighted by atomic mass is 9.91. The fourth-order valence-electron chi connectivity index (χ4n) is 3.38. The number of hydrogen-bond acceptors (Lipinski definition) is 2. The van der Waals surface area contributed by atoms with Gasteiger partial charge in [-0.15, -0.1) is 0 Å². The number of rotatable bonds is 3. The largest absolute Gasteiger partial charge is 0.298 e. The molecule has 3 rings (SSSR count). The van der Waals surface area contributed by atoms with Gasteiger partial charge in [-0.3, -0.25) is 4.79 Å². The minimum atomic E-state index is -0.549. The zero-order valence-corrected chi connectivity index (χ0v) is 9.67. The van der Waals surface area contributed by atoms with E-state index in [1.807, 2.05) is 30.3 Å². The third kappa shape index (κ3) is 1.67. The summed E-state index contributed by atoms with van der Waals surface area (Å²) < 4.78 is 0. The van der Waals surface area contributed by atoms with E-state index in [9.17, 15) is 10.1 Å². The van der Waals surface area contributed by atoms with Gasteiger partial charge in [0, 0.05) is 5.92 Å². The maximum absolute atomic E-state index is 12.3. The summed E-state index contributed by atoms with van der Waals surface area (Å²) in [5.74, 6) is 0.998. The highest BCUT2D eigenvalue weighted by Gasteiger charge is 2.57. The molecule has 2 aliphatic rings. The first-order valence-electron chi connectivity index (χ1n) is 6.31. The van der Waals surface area contributed by atoms with Crippen molar-refractivity contribution in [3.8, 4) is 6.07 Å². The van der Waals surface area contributed by atoms with Crippen LogP contribution in [0.5, 0.6) is 0 Å². The van der Waals surface area contributed by atoms with Crippen LogP contribution < -0.4 is 0 Å². The van der Waals surface area contributed by atoms with Crippen molar-refractivity contribution >= 4 is 5.78 Å². The zero-order chi connectivity index (χ0) is 11.8. The number of ketones is 1. The minimum Gasteiger partial charge on any atom is -0.298 e. The van der Waals surface area contributed by atoms with E-state index < -0.39 is 5.92 Å². The molecule has 3 unspecified atom stereocenters. The highest BCUT2D eigenvalue weighted by Crippen LogP contribution is 2.59. The van der Waals surface area contributed by atoms with E-state index in [1.54, 1.807) is 0 Å². The standard InChI is InChI=1S/C15H15NO/c16-9-13(10-5-2-1-3-6-10)15(17)14-11-7-4-8-12(11)14/h1-3,5-6,11-14H,4,7-8H2. The molecule has 0 aromatic heterocycles. The van der Waals surface area contributed by atoms with E-state index in [0.29, 0.717) is 11.8 Å². The Morgan fingerprint density at radius 3 is 2.47 bits per heavy atom. The first-order valence-corrected chi connectivity index (χ1v) is 6.31. The molecule has 2 fully saturated rings. The van der Waals surface area contributed by atoms with Crippen LogP contribution in [-0.4, -0.2) is 5.78 Å². The van der Waals surface area contributed by atoms with E-state index in [-0.39, 0.29) is 11.7 Å². The van der Waals surface area contributed by atoms with Crippen LogP contribution in [0, 0.1) is 29.1 Å². The summed E-state index contributed by atoms with van der Waals surface area (Å²) in [4.78, 5) is 12.3. The fraction of sp³-hybridized carbons (Fsp3) is 0.467. The average Bonchev–Trinajstić information content (AvgIpc) is 2.85. The van der Waals surface area contributed by atoms with E-state index >= 15 is 0 Å². The highest BCUT2D eigenvalue weighted by atomic mass is 16.1. The number of hydrogen-bond donors (Lipinski definition) is 0. The Morgan fingerprint density at radius 1 is 1.24 bits per heavy atom. The fourth-order valence-corrected chi connectivity index (χ4v) is 3.38. The normalized spacial score (nSPS) is 31.4. The number of nitriles is 1. The van der Waals surface area contributed by atoms with Gasteiger partial charge in [-0.2, -0.15) is 5.26 Å². The Balaban J connectivity index is 1.79. The van der Waals surface area contributed by atoms with Crippen molar-refractivity contribution in [2.75, 3.05) is 0 Å². The van der Waals surface area contributed by atoms with Crippen molar-refractivity contribution in [2.45, 2.75) is 25.2 Å². The molecular formula is C15H15NO. The molecule has 2 heteroatoms. The molecule has 0 aliphatic heterocycles. The lowest BCUT2D eigenvalue weighted by Crippen LogP contribution is -2.15. The quantitative estimate of drug-likeness (QED) is 0.793. The van der Waals surface area contributed by atoms with Gasteiger partial charge in [0.25, 0.3) is 0 Å². The van der Waals surface area contributed by atoms with Crippen LogP contribution in [0.2, 0.25) is 0 Å². The van der Waals surface area contributed by atoms with Crippen LogP contribution in [0.1, 0.15) is 30.7 Å². The van der Waals surface area contributed by atoms with Crippen molar-refractivity contribution in [2.24, 2.45) is 17.8 Å². The summed E-state index contributed by atoms with van der Waals surface area (Å²) in [5.41, 5.74) is 0.852. The summed E-state index contributed by atoms with van der Waals surface area (Å²) in [7, 11) is 0. The lowest BCUT2D eigenvalue weighted by molar-refractivity contribution is -0.121. The molecule has 17 heavy (non-hydrogen) atoms. The average molecular weight is 225 g/mol. The monoisotopic (exact) mass is 225 g/mol.